The molecule has 106 valence electrons. The van der Waals surface area contributed by atoms with Crippen LogP contribution in [0.1, 0.15) is 39.5 Å². The molecule has 1 amide bonds. The topological polar surface area (TPSA) is 64.4 Å². The molecule has 0 atom stereocenters. The minimum Gasteiger partial charge on any atom is -0.444 e. The quantitative estimate of drug-likeness (QED) is 0.912. The molecule has 1 aromatic heterocycles. The monoisotopic (exact) mass is 274 g/mol. The minimum atomic E-state index is -0.512. The van der Waals surface area contributed by atoms with Crippen LogP contribution in [0, 0.1) is 0 Å². The lowest BCUT2D eigenvalue weighted by molar-refractivity contribution is 0.0486. The van der Waals surface area contributed by atoms with Gasteiger partial charge in [-0.05, 0) is 45.7 Å². The fourth-order valence-electron chi connectivity index (χ4n) is 2.09. The number of carbonyl (C=O) groups excluding carboxylic acids is 1. The SMILES string of the molecule is CC(C)(C)OC(=O)NC1(c2nc3ccccc3o2)CC1. The zero-order valence-corrected chi connectivity index (χ0v) is 11.9. The first-order valence-electron chi connectivity index (χ1n) is 6.75. The molecule has 0 spiro atoms. The number of fused-ring (bicyclic) bond motifs is 1. The zero-order valence-electron chi connectivity index (χ0n) is 11.9. The summed E-state index contributed by atoms with van der Waals surface area (Å²) < 4.78 is 11.0. The molecule has 5 nitrogen and oxygen atoms in total. The van der Waals surface area contributed by atoms with Crippen LogP contribution in [0.2, 0.25) is 0 Å². The lowest BCUT2D eigenvalue weighted by Crippen LogP contribution is -2.39. The molecule has 1 heterocycles. The van der Waals surface area contributed by atoms with Crippen molar-refractivity contribution in [3.05, 3.63) is 30.2 Å². The molecule has 1 saturated carbocycles. The Balaban J connectivity index is 1.80. The lowest BCUT2D eigenvalue weighted by atomic mass is 10.2. The fourth-order valence-corrected chi connectivity index (χ4v) is 2.09. The number of aromatic nitrogens is 1. The van der Waals surface area contributed by atoms with Crippen molar-refractivity contribution in [1.82, 2.24) is 10.3 Å². The second-order valence-electron chi connectivity index (χ2n) is 6.20. The fraction of sp³-hybridized carbons (Fsp3) is 0.467. The minimum absolute atomic E-state index is 0.433. The summed E-state index contributed by atoms with van der Waals surface area (Å²) in [4.78, 5) is 16.4. The highest BCUT2D eigenvalue weighted by molar-refractivity contribution is 5.73. The highest BCUT2D eigenvalue weighted by atomic mass is 16.6. The third kappa shape index (κ3) is 2.48. The summed E-state index contributed by atoms with van der Waals surface area (Å²) in [7, 11) is 0. The molecule has 5 heteroatoms. The molecule has 0 radical (unpaired) electrons. The molecule has 1 N–H and O–H groups in total. The third-order valence-electron chi connectivity index (χ3n) is 3.19. The number of amides is 1. The Bertz CT molecular complexity index is 617. The van der Waals surface area contributed by atoms with E-state index in [0.717, 1.165) is 23.9 Å². The van der Waals surface area contributed by atoms with E-state index in [9.17, 15) is 4.79 Å². The Morgan fingerprint density at radius 1 is 1.35 bits per heavy atom. The van der Waals surface area contributed by atoms with Crippen LogP contribution in [0.15, 0.2) is 28.7 Å². The molecular weight excluding hydrogens is 256 g/mol. The number of nitrogens with one attached hydrogen (secondary N) is 1. The van der Waals surface area contributed by atoms with Crippen molar-refractivity contribution in [2.24, 2.45) is 0 Å². The highest BCUT2D eigenvalue weighted by Crippen LogP contribution is 2.45. The van der Waals surface area contributed by atoms with Crippen molar-refractivity contribution in [3.8, 4) is 0 Å². The van der Waals surface area contributed by atoms with Crippen LogP contribution in [0.3, 0.4) is 0 Å². The van der Waals surface area contributed by atoms with Gasteiger partial charge < -0.3 is 14.5 Å². The van der Waals surface area contributed by atoms with Gasteiger partial charge in [0.25, 0.3) is 0 Å². The van der Waals surface area contributed by atoms with Crippen LogP contribution in [0.25, 0.3) is 11.1 Å². The summed E-state index contributed by atoms with van der Waals surface area (Å²) in [6, 6.07) is 7.58. The molecule has 20 heavy (non-hydrogen) atoms. The molecule has 0 aliphatic heterocycles. The van der Waals surface area contributed by atoms with E-state index in [2.05, 4.69) is 10.3 Å². The van der Waals surface area contributed by atoms with E-state index in [-0.39, 0.29) is 0 Å². The molecular formula is C15H18N2O3. The number of benzene rings is 1. The van der Waals surface area contributed by atoms with E-state index in [1.54, 1.807) is 0 Å². The summed E-state index contributed by atoms with van der Waals surface area (Å²) in [5.41, 5.74) is 0.530. The maximum atomic E-state index is 11.9. The number of oxazole rings is 1. The summed E-state index contributed by atoms with van der Waals surface area (Å²) in [6.45, 7) is 5.52. The Labute approximate surface area is 117 Å². The number of ether oxygens (including phenoxy) is 1. The second kappa shape index (κ2) is 4.23. The average Bonchev–Trinajstić information content (AvgIpc) is 2.97. The van der Waals surface area contributed by atoms with Gasteiger partial charge in [-0.1, -0.05) is 12.1 Å². The predicted octanol–water partition coefficient (Wildman–Crippen LogP) is 3.34. The van der Waals surface area contributed by atoms with Gasteiger partial charge in [-0.3, -0.25) is 0 Å². The number of hydrogen-bond donors (Lipinski definition) is 1. The van der Waals surface area contributed by atoms with Gasteiger partial charge in [-0.15, -0.1) is 0 Å². The van der Waals surface area contributed by atoms with Gasteiger partial charge in [0.2, 0.25) is 5.89 Å². The first kappa shape index (κ1) is 13.0. The first-order valence-corrected chi connectivity index (χ1v) is 6.75. The van der Waals surface area contributed by atoms with E-state index in [0.29, 0.717) is 5.89 Å². The number of para-hydroxylation sites is 2. The average molecular weight is 274 g/mol. The van der Waals surface area contributed by atoms with Crippen LogP contribution in [-0.4, -0.2) is 16.7 Å². The Morgan fingerprint density at radius 3 is 2.65 bits per heavy atom. The smallest absolute Gasteiger partial charge is 0.408 e. The molecule has 1 aliphatic rings. The molecule has 0 bridgehead atoms. The highest BCUT2D eigenvalue weighted by Gasteiger charge is 2.51. The van der Waals surface area contributed by atoms with Gasteiger partial charge in [0.05, 0.1) is 0 Å². The first-order chi connectivity index (χ1) is 9.38. The van der Waals surface area contributed by atoms with Crippen molar-refractivity contribution in [3.63, 3.8) is 0 Å². The zero-order chi connectivity index (χ0) is 14.4. The van der Waals surface area contributed by atoms with Gasteiger partial charge >= 0.3 is 6.09 Å². The van der Waals surface area contributed by atoms with Crippen molar-refractivity contribution in [2.45, 2.75) is 44.8 Å². The van der Waals surface area contributed by atoms with Crippen molar-refractivity contribution in [1.29, 1.82) is 0 Å². The van der Waals surface area contributed by atoms with Crippen LogP contribution in [0.4, 0.5) is 4.79 Å². The lowest BCUT2D eigenvalue weighted by Gasteiger charge is -2.22. The molecule has 1 aromatic carbocycles. The van der Waals surface area contributed by atoms with Crippen molar-refractivity contribution >= 4 is 17.2 Å². The van der Waals surface area contributed by atoms with Crippen LogP contribution >= 0.6 is 0 Å². The number of rotatable bonds is 2. The van der Waals surface area contributed by atoms with E-state index in [1.807, 2.05) is 45.0 Å². The summed E-state index contributed by atoms with van der Waals surface area (Å²) in [6.07, 6.45) is 1.20. The summed E-state index contributed by atoms with van der Waals surface area (Å²) in [5.74, 6) is 0.560. The normalized spacial score (nSPS) is 16.9. The molecule has 0 saturated heterocycles. The second-order valence-corrected chi connectivity index (χ2v) is 6.20. The van der Waals surface area contributed by atoms with Gasteiger partial charge in [0, 0.05) is 0 Å². The summed E-state index contributed by atoms with van der Waals surface area (Å²) in [5, 5.41) is 2.88. The maximum Gasteiger partial charge on any atom is 0.408 e. The van der Waals surface area contributed by atoms with Crippen LogP contribution < -0.4 is 5.32 Å². The molecule has 2 aromatic rings. The van der Waals surface area contributed by atoms with E-state index >= 15 is 0 Å². The summed E-state index contributed by atoms with van der Waals surface area (Å²) >= 11 is 0. The number of alkyl carbamates (subject to hydrolysis) is 1. The van der Waals surface area contributed by atoms with Crippen molar-refractivity contribution < 1.29 is 13.9 Å². The Morgan fingerprint density at radius 2 is 2.05 bits per heavy atom. The molecule has 0 unspecified atom stereocenters. The van der Waals surface area contributed by atoms with Gasteiger partial charge in [0.1, 0.15) is 16.7 Å². The molecule has 1 fully saturated rings. The third-order valence-corrected chi connectivity index (χ3v) is 3.19. The Kier molecular flexibility index (Phi) is 2.74. The molecule has 3 rings (SSSR count). The standard InChI is InChI=1S/C15H18N2O3/c1-14(2,3)20-13(18)17-15(8-9-15)12-16-10-6-4-5-7-11(10)19-12/h4-7H,8-9H2,1-3H3,(H,17,18). The van der Waals surface area contributed by atoms with Crippen molar-refractivity contribution in [2.75, 3.05) is 0 Å². The van der Waals surface area contributed by atoms with Gasteiger partial charge in [0.15, 0.2) is 5.58 Å². The largest absolute Gasteiger partial charge is 0.444 e. The van der Waals surface area contributed by atoms with E-state index < -0.39 is 17.2 Å². The number of hydrogen-bond acceptors (Lipinski definition) is 4. The van der Waals surface area contributed by atoms with Crippen LogP contribution in [0.5, 0.6) is 0 Å². The van der Waals surface area contributed by atoms with Gasteiger partial charge in [-0.2, -0.15) is 0 Å². The van der Waals surface area contributed by atoms with E-state index in [1.165, 1.54) is 0 Å². The van der Waals surface area contributed by atoms with Gasteiger partial charge in [-0.25, -0.2) is 9.78 Å². The van der Waals surface area contributed by atoms with Crippen LogP contribution in [-0.2, 0) is 10.3 Å². The predicted molar refractivity (Wildman–Crippen MR) is 74.3 cm³/mol. The Hall–Kier alpha value is -2.04. The number of nitrogens with zero attached hydrogens (tertiary/aromatic N) is 1. The molecule has 1 aliphatic carbocycles. The maximum absolute atomic E-state index is 11.9. The number of carbonyl (C=O) groups is 1. The van der Waals surface area contributed by atoms with E-state index in [4.69, 9.17) is 9.15 Å².